The summed E-state index contributed by atoms with van der Waals surface area (Å²) in [6.07, 6.45) is 1.94. The summed E-state index contributed by atoms with van der Waals surface area (Å²) in [5.74, 6) is -0.207. The summed E-state index contributed by atoms with van der Waals surface area (Å²) in [5.41, 5.74) is 0. The second-order valence-corrected chi connectivity index (χ2v) is 2.39. The van der Waals surface area contributed by atoms with Crippen molar-refractivity contribution in [3.05, 3.63) is 11.8 Å². The fourth-order valence-electron chi connectivity index (χ4n) is 1.04. The molecule has 1 N–H and O–H groups in total. The Morgan fingerprint density at radius 1 is 1.90 bits per heavy atom. The fourth-order valence-corrected chi connectivity index (χ4v) is 1.04. The van der Waals surface area contributed by atoms with Gasteiger partial charge in [-0.25, -0.2) is 0 Å². The average molecular weight is 142 g/mol. The minimum atomic E-state index is -0.179. The predicted molar refractivity (Wildman–Crippen MR) is 35.7 cm³/mol. The highest BCUT2D eigenvalue weighted by Gasteiger charge is 2.22. The molecule has 0 aromatic carbocycles. The molecule has 0 fully saturated rings. The van der Waals surface area contributed by atoms with E-state index in [1.165, 1.54) is 0 Å². The number of Topliss-reactive ketones (excluding diaryl/α,β-unsaturated/α-hetero) is 1. The number of aliphatic hydroxyl groups is 1. The van der Waals surface area contributed by atoms with E-state index >= 15 is 0 Å². The molecule has 0 aromatic heterocycles. The lowest BCUT2D eigenvalue weighted by atomic mass is 10.1. The van der Waals surface area contributed by atoms with Crippen LogP contribution in [0, 0.1) is 5.92 Å². The second kappa shape index (κ2) is 2.84. The van der Waals surface area contributed by atoms with Crippen LogP contribution in [0.3, 0.4) is 0 Å². The van der Waals surface area contributed by atoms with Gasteiger partial charge in [0.15, 0.2) is 11.5 Å². The summed E-state index contributed by atoms with van der Waals surface area (Å²) in [7, 11) is 1.58. The van der Waals surface area contributed by atoms with Crippen LogP contribution in [-0.2, 0) is 9.53 Å². The zero-order chi connectivity index (χ0) is 7.56. The SMILES string of the molecule is COCC1C=C(O)C(=O)C1. The second-order valence-electron chi connectivity index (χ2n) is 2.39. The summed E-state index contributed by atoms with van der Waals surface area (Å²) in [4.78, 5) is 10.7. The summed E-state index contributed by atoms with van der Waals surface area (Å²) < 4.78 is 4.81. The molecule has 0 saturated heterocycles. The van der Waals surface area contributed by atoms with E-state index < -0.39 is 0 Å². The Morgan fingerprint density at radius 2 is 2.60 bits per heavy atom. The van der Waals surface area contributed by atoms with Crippen LogP contribution in [0.5, 0.6) is 0 Å². The van der Waals surface area contributed by atoms with Crippen molar-refractivity contribution in [2.24, 2.45) is 5.92 Å². The summed E-state index contributed by atoms with van der Waals surface area (Å²) in [5, 5.41) is 8.85. The number of carbonyl (C=O) groups is 1. The normalized spacial score (nSPS) is 25.1. The monoisotopic (exact) mass is 142 g/mol. The largest absolute Gasteiger partial charge is 0.505 e. The molecule has 1 aliphatic rings. The van der Waals surface area contributed by atoms with Gasteiger partial charge in [-0.2, -0.15) is 0 Å². The molecule has 3 heteroatoms. The van der Waals surface area contributed by atoms with Crippen molar-refractivity contribution in [3.8, 4) is 0 Å². The Hall–Kier alpha value is -0.830. The summed E-state index contributed by atoms with van der Waals surface area (Å²) in [6, 6.07) is 0. The Balaban J connectivity index is 2.48. The van der Waals surface area contributed by atoms with Crippen LogP contribution in [0.4, 0.5) is 0 Å². The van der Waals surface area contributed by atoms with E-state index in [0.717, 1.165) is 0 Å². The van der Waals surface area contributed by atoms with E-state index in [2.05, 4.69) is 0 Å². The van der Waals surface area contributed by atoms with Gasteiger partial charge in [-0.3, -0.25) is 4.79 Å². The van der Waals surface area contributed by atoms with Gasteiger partial charge in [0.05, 0.1) is 6.61 Å². The van der Waals surface area contributed by atoms with Crippen LogP contribution >= 0.6 is 0 Å². The van der Waals surface area contributed by atoms with E-state index in [1.807, 2.05) is 0 Å². The van der Waals surface area contributed by atoms with Gasteiger partial charge >= 0.3 is 0 Å². The minimum Gasteiger partial charge on any atom is -0.505 e. The number of methoxy groups -OCH3 is 1. The maximum atomic E-state index is 10.7. The van der Waals surface area contributed by atoms with Crippen LogP contribution in [-0.4, -0.2) is 24.6 Å². The van der Waals surface area contributed by atoms with Crippen molar-refractivity contribution in [2.45, 2.75) is 6.42 Å². The molecule has 56 valence electrons. The molecule has 0 bridgehead atoms. The highest BCUT2D eigenvalue weighted by molar-refractivity contribution is 5.95. The van der Waals surface area contributed by atoms with Crippen molar-refractivity contribution in [1.82, 2.24) is 0 Å². The lowest BCUT2D eigenvalue weighted by Crippen LogP contribution is -2.04. The zero-order valence-corrected chi connectivity index (χ0v) is 5.83. The molecule has 0 saturated carbocycles. The Bertz CT molecular complexity index is 172. The number of aliphatic hydroxyl groups excluding tert-OH is 1. The maximum absolute atomic E-state index is 10.7. The van der Waals surface area contributed by atoms with Gasteiger partial charge in [0.1, 0.15) is 0 Å². The average Bonchev–Trinajstić information content (AvgIpc) is 2.14. The first kappa shape index (κ1) is 7.28. The Labute approximate surface area is 59.3 Å². The third-order valence-corrected chi connectivity index (χ3v) is 1.51. The molecule has 0 aliphatic heterocycles. The quantitative estimate of drug-likeness (QED) is 0.616. The number of carbonyl (C=O) groups excluding carboxylic acids is 1. The first-order valence-electron chi connectivity index (χ1n) is 3.17. The molecule has 3 nitrogen and oxygen atoms in total. The van der Waals surface area contributed by atoms with Crippen LogP contribution in [0.1, 0.15) is 6.42 Å². The molecule has 0 heterocycles. The van der Waals surface area contributed by atoms with Crippen molar-refractivity contribution >= 4 is 5.78 Å². The Morgan fingerprint density at radius 3 is 3.00 bits per heavy atom. The van der Waals surface area contributed by atoms with Crippen LogP contribution in [0.2, 0.25) is 0 Å². The van der Waals surface area contributed by atoms with Gasteiger partial charge in [0, 0.05) is 19.4 Å². The summed E-state index contributed by atoms with van der Waals surface area (Å²) >= 11 is 0. The first-order chi connectivity index (χ1) is 4.74. The number of hydrogen-bond acceptors (Lipinski definition) is 3. The molecule has 1 aliphatic carbocycles. The molecular weight excluding hydrogens is 132 g/mol. The molecule has 10 heavy (non-hydrogen) atoms. The Kier molecular flexibility index (Phi) is 2.06. The van der Waals surface area contributed by atoms with Crippen LogP contribution in [0.25, 0.3) is 0 Å². The fraction of sp³-hybridized carbons (Fsp3) is 0.571. The third-order valence-electron chi connectivity index (χ3n) is 1.51. The zero-order valence-electron chi connectivity index (χ0n) is 5.83. The smallest absolute Gasteiger partial charge is 0.197 e. The van der Waals surface area contributed by atoms with Gasteiger partial charge in [-0.1, -0.05) is 0 Å². The minimum absolute atomic E-state index is 0.0810. The molecule has 0 amide bonds. The number of ether oxygens (including phenoxy) is 1. The van der Waals surface area contributed by atoms with E-state index in [1.54, 1.807) is 13.2 Å². The number of hydrogen-bond donors (Lipinski definition) is 1. The number of allylic oxidation sites excluding steroid dienone is 1. The van der Waals surface area contributed by atoms with Crippen LogP contribution < -0.4 is 0 Å². The van der Waals surface area contributed by atoms with Crippen molar-refractivity contribution in [3.63, 3.8) is 0 Å². The van der Waals surface area contributed by atoms with Gasteiger partial charge in [0.2, 0.25) is 0 Å². The first-order valence-corrected chi connectivity index (χ1v) is 3.17. The number of ketones is 1. The highest BCUT2D eigenvalue weighted by atomic mass is 16.5. The third kappa shape index (κ3) is 1.36. The topological polar surface area (TPSA) is 46.5 Å². The molecule has 0 aromatic rings. The molecule has 1 atom stereocenters. The predicted octanol–water partition coefficient (Wildman–Crippen LogP) is 0.664. The molecule has 1 rings (SSSR count). The van der Waals surface area contributed by atoms with Gasteiger partial charge < -0.3 is 9.84 Å². The standard InChI is InChI=1S/C7H10O3/c1-10-4-5-2-6(8)7(9)3-5/h2,5,8H,3-4H2,1H3. The molecular formula is C7H10O3. The molecule has 0 radical (unpaired) electrons. The van der Waals surface area contributed by atoms with E-state index in [0.29, 0.717) is 13.0 Å². The van der Waals surface area contributed by atoms with Gasteiger partial charge in [-0.05, 0) is 6.08 Å². The van der Waals surface area contributed by atoms with Crippen molar-refractivity contribution in [1.29, 1.82) is 0 Å². The lowest BCUT2D eigenvalue weighted by molar-refractivity contribution is -0.117. The lowest BCUT2D eigenvalue weighted by Gasteiger charge is -2.01. The van der Waals surface area contributed by atoms with Gasteiger partial charge in [0.25, 0.3) is 0 Å². The van der Waals surface area contributed by atoms with E-state index in [-0.39, 0.29) is 17.5 Å². The van der Waals surface area contributed by atoms with E-state index in [9.17, 15) is 4.79 Å². The summed E-state index contributed by atoms with van der Waals surface area (Å²) in [6.45, 7) is 0.510. The van der Waals surface area contributed by atoms with Gasteiger partial charge in [-0.15, -0.1) is 0 Å². The molecule has 0 spiro atoms. The van der Waals surface area contributed by atoms with Crippen molar-refractivity contribution < 1.29 is 14.6 Å². The van der Waals surface area contributed by atoms with E-state index in [4.69, 9.17) is 9.84 Å². The number of rotatable bonds is 2. The van der Waals surface area contributed by atoms with Crippen LogP contribution in [0.15, 0.2) is 11.8 Å². The van der Waals surface area contributed by atoms with Crippen molar-refractivity contribution in [2.75, 3.05) is 13.7 Å². The highest BCUT2D eigenvalue weighted by Crippen LogP contribution is 2.18. The molecule has 1 unspecified atom stereocenters. The maximum Gasteiger partial charge on any atom is 0.197 e.